The van der Waals surface area contributed by atoms with Crippen molar-refractivity contribution < 1.29 is 17.6 Å². The second-order valence-electron chi connectivity index (χ2n) is 6.84. The first-order valence-corrected chi connectivity index (χ1v) is 10.5. The molecule has 148 valence electrons. The number of anilines is 1. The first-order chi connectivity index (χ1) is 12.6. The van der Waals surface area contributed by atoms with E-state index in [1.165, 1.54) is 23.4 Å². The second-order valence-corrected chi connectivity index (χ2v) is 9.06. The van der Waals surface area contributed by atoms with Gasteiger partial charge in [0.05, 0.1) is 17.8 Å². The summed E-state index contributed by atoms with van der Waals surface area (Å²) in [5.74, 6) is 0.425. The zero-order valence-corrected chi connectivity index (χ0v) is 17.7. The van der Waals surface area contributed by atoms with Gasteiger partial charge >= 0.3 is 0 Å². The Labute approximate surface area is 165 Å². The number of furan rings is 1. The van der Waals surface area contributed by atoms with Gasteiger partial charge in [0.1, 0.15) is 10.7 Å². The number of rotatable bonds is 8. The Morgan fingerprint density at radius 3 is 2.33 bits per heavy atom. The van der Waals surface area contributed by atoms with E-state index < -0.39 is 10.0 Å². The Morgan fingerprint density at radius 1 is 1.22 bits per heavy atom. The lowest BCUT2D eigenvalue weighted by atomic mass is 10.1. The average molecular weight is 413 g/mol. The molecule has 0 saturated carbocycles. The number of nitrogens with zero attached hydrogens (tertiary/aromatic N) is 1. The maximum atomic E-state index is 13.2. The lowest BCUT2D eigenvalue weighted by molar-refractivity contribution is 0.101. The molecule has 0 unspecified atom stereocenters. The zero-order valence-electron chi connectivity index (χ0n) is 16.1. The Morgan fingerprint density at radius 2 is 1.85 bits per heavy atom. The fraction of sp³-hybridized carbons (Fsp3) is 0.421. The third kappa shape index (κ3) is 4.72. The van der Waals surface area contributed by atoms with E-state index in [1.807, 2.05) is 0 Å². The van der Waals surface area contributed by atoms with Crippen LogP contribution in [0.2, 0.25) is 5.02 Å². The normalized spacial score (nSPS) is 12.2. The quantitative estimate of drug-likeness (QED) is 0.643. The number of nitrogens with one attached hydrogen (secondary N) is 1. The number of sulfonamides is 1. The van der Waals surface area contributed by atoms with Crippen LogP contribution >= 0.6 is 11.6 Å². The summed E-state index contributed by atoms with van der Waals surface area (Å²) in [6.07, 6.45) is 1.55. The molecule has 0 fully saturated rings. The minimum Gasteiger partial charge on any atom is -0.467 e. The molecule has 8 heteroatoms. The minimum absolute atomic E-state index is 0.0632. The Hall–Kier alpha value is -1.83. The van der Waals surface area contributed by atoms with Crippen LogP contribution in [0.5, 0.6) is 0 Å². The van der Waals surface area contributed by atoms with Gasteiger partial charge in [-0.3, -0.25) is 4.79 Å². The lowest BCUT2D eigenvalue weighted by Crippen LogP contribution is -2.42. The molecule has 0 amide bonds. The number of halogens is 1. The third-order valence-corrected chi connectivity index (χ3v) is 6.77. The van der Waals surface area contributed by atoms with Crippen LogP contribution in [0, 0.1) is 0 Å². The molecule has 27 heavy (non-hydrogen) atoms. The maximum absolute atomic E-state index is 13.2. The molecule has 0 aliphatic carbocycles. The molecule has 1 N–H and O–H groups in total. The number of hydrogen-bond donors (Lipinski definition) is 1. The number of benzene rings is 1. The van der Waals surface area contributed by atoms with Crippen LogP contribution < -0.4 is 5.32 Å². The van der Waals surface area contributed by atoms with Crippen molar-refractivity contribution in [2.45, 2.75) is 58.1 Å². The molecule has 0 radical (unpaired) electrons. The van der Waals surface area contributed by atoms with Gasteiger partial charge in [0.15, 0.2) is 5.78 Å². The highest BCUT2D eigenvalue weighted by Gasteiger charge is 2.32. The smallest absolute Gasteiger partial charge is 0.245 e. The fourth-order valence-corrected chi connectivity index (χ4v) is 5.41. The third-order valence-electron chi connectivity index (χ3n) is 4.06. The lowest BCUT2D eigenvalue weighted by Gasteiger charge is -2.30. The highest BCUT2D eigenvalue weighted by atomic mass is 35.5. The summed E-state index contributed by atoms with van der Waals surface area (Å²) in [5.41, 5.74) is 0.723. The number of carbonyl (C=O) groups is 1. The molecule has 2 aromatic rings. The van der Waals surface area contributed by atoms with Crippen molar-refractivity contribution >= 4 is 33.1 Å². The van der Waals surface area contributed by atoms with E-state index in [4.69, 9.17) is 16.0 Å². The van der Waals surface area contributed by atoms with Crippen molar-refractivity contribution in [1.29, 1.82) is 0 Å². The predicted octanol–water partition coefficient (Wildman–Crippen LogP) is 4.56. The Bertz CT molecular complexity index is 898. The summed E-state index contributed by atoms with van der Waals surface area (Å²) < 4.78 is 33.0. The minimum atomic E-state index is -3.86. The number of carbonyl (C=O) groups excluding carboxylic acids is 1. The van der Waals surface area contributed by atoms with Crippen molar-refractivity contribution in [3.05, 3.63) is 46.9 Å². The van der Waals surface area contributed by atoms with Gasteiger partial charge in [0, 0.05) is 23.3 Å². The van der Waals surface area contributed by atoms with E-state index in [0.29, 0.717) is 18.0 Å². The van der Waals surface area contributed by atoms with Gasteiger partial charge in [0.25, 0.3) is 0 Å². The van der Waals surface area contributed by atoms with E-state index in [0.717, 1.165) is 0 Å². The fourth-order valence-electron chi connectivity index (χ4n) is 3.05. The molecule has 0 aliphatic heterocycles. The van der Waals surface area contributed by atoms with Gasteiger partial charge < -0.3 is 9.73 Å². The maximum Gasteiger partial charge on any atom is 0.245 e. The standard InChI is InChI=1S/C19H25ClN2O4S/c1-12(2)22(13(3)4)27(24,25)19-9-16(14(5)23)18(10-17(19)20)21-11-15-7-6-8-26-15/h6-10,12-13,21H,11H2,1-5H3. The van der Waals surface area contributed by atoms with E-state index in [1.54, 1.807) is 46.1 Å². The SMILES string of the molecule is CC(=O)c1cc(S(=O)(=O)N(C(C)C)C(C)C)c(Cl)cc1NCc1ccco1. The van der Waals surface area contributed by atoms with Gasteiger partial charge in [-0.15, -0.1) is 0 Å². The number of ketones is 1. The van der Waals surface area contributed by atoms with Gasteiger partial charge in [0.2, 0.25) is 10.0 Å². The topological polar surface area (TPSA) is 79.6 Å². The van der Waals surface area contributed by atoms with Crippen molar-refractivity contribution in [2.75, 3.05) is 5.32 Å². The summed E-state index contributed by atoms with van der Waals surface area (Å²) in [6, 6.07) is 5.89. The van der Waals surface area contributed by atoms with E-state index in [2.05, 4.69) is 5.32 Å². The molecule has 0 aliphatic rings. The van der Waals surface area contributed by atoms with E-state index >= 15 is 0 Å². The molecule has 1 aromatic carbocycles. The van der Waals surface area contributed by atoms with Crippen LogP contribution in [0.3, 0.4) is 0 Å². The summed E-state index contributed by atoms with van der Waals surface area (Å²) in [7, 11) is -3.86. The summed E-state index contributed by atoms with van der Waals surface area (Å²) in [6.45, 7) is 8.95. The van der Waals surface area contributed by atoms with Crippen LogP contribution in [-0.2, 0) is 16.6 Å². The van der Waals surface area contributed by atoms with E-state index in [-0.39, 0.29) is 33.3 Å². The van der Waals surface area contributed by atoms with Gasteiger partial charge in [-0.05, 0) is 58.9 Å². The molecular formula is C19H25ClN2O4S. The Balaban J connectivity index is 2.50. The summed E-state index contributed by atoms with van der Waals surface area (Å²) in [5, 5.41) is 3.15. The second kappa shape index (κ2) is 8.46. The van der Waals surface area contributed by atoms with Gasteiger partial charge in [-0.2, -0.15) is 4.31 Å². The first-order valence-electron chi connectivity index (χ1n) is 8.70. The van der Waals surface area contributed by atoms with Gasteiger partial charge in [-0.25, -0.2) is 8.42 Å². The molecule has 1 heterocycles. The molecule has 0 spiro atoms. The zero-order chi connectivity index (χ0) is 20.4. The molecule has 0 atom stereocenters. The van der Waals surface area contributed by atoms with Crippen LogP contribution in [-0.4, -0.2) is 30.6 Å². The van der Waals surface area contributed by atoms with Crippen LogP contribution in [0.4, 0.5) is 5.69 Å². The summed E-state index contributed by atoms with van der Waals surface area (Å²) >= 11 is 6.32. The largest absolute Gasteiger partial charge is 0.467 e. The molecule has 6 nitrogen and oxygen atoms in total. The monoisotopic (exact) mass is 412 g/mol. The molecule has 1 aromatic heterocycles. The molecule has 0 bridgehead atoms. The van der Waals surface area contributed by atoms with Crippen molar-refractivity contribution in [3.8, 4) is 0 Å². The van der Waals surface area contributed by atoms with Crippen molar-refractivity contribution in [3.63, 3.8) is 0 Å². The van der Waals surface area contributed by atoms with Gasteiger partial charge in [-0.1, -0.05) is 11.6 Å². The molecular weight excluding hydrogens is 388 g/mol. The van der Waals surface area contributed by atoms with Crippen molar-refractivity contribution in [2.24, 2.45) is 0 Å². The molecule has 0 saturated heterocycles. The first kappa shape index (κ1) is 21.5. The number of hydrogen-bond acceptors (Lipinski definition) is 5. The average Bonchev–Trinajstić information content (AvgIpc) is 3.04. The van der Waals surface area contributed by atoms with Crippen LogP contribution in [0.1, 0.15) is 50.7 Å². The number of Topliss-reactive ketones (excluding diaryl/α,β-unsaturated/α-hetero) is 1. The van der Waals surface area contributed by atoms with Crippen LogP contribution in [0.15, 0.2) is 39.8 Å². The Kier molecular flexibility index (Phi) is 6.72. The highest BCUT2D eigenvalue weighted by Crippen LogP contribution is 2.33. The molecule has 2 rings (SSSR count). The summed E-state index contributed by atoms with van der Waals surface area (Å²) in [4.78, 5) is 12.1. The van der Waals surface area contributed by atoms with Crippen molar-refractivity contribution in [1.82, 2.24) is 4.31 Å². The highest BCUT2D eigenvalue weighted by molar-refractivity contribution is 7.89. The van der Waals surface area contributed by atoms with Crippen LogP contribution in [0.25, 0.3) is 0 Å². The predicted molar refractivity (Wildman–Crippen MR) is 107 cm³/mol. The van der Waals surface area contributed by atoms with E-state index in [9.17, 15) is 13.2 Å².